The Bertz CT molecular complexity index is 5130. The summed E-state index contributed by atoms with van der Waals surface area (Å²) < 4.78 is 52.9. The van der Waals surface area contributed by atoms with Crippen molar-refractivity contribution in [3.8, 4) is 0 Å². The second-order valence-corrected chi connectivity index (χ2v) is 39.1. The molecule has 1 saturated carbocycles. The lowest BCUT2D eigenvalue weighted by Crippen LogP contribution is -2.44. The van der Waals surface area contributed by atoms with Crippen molar-refractivity contribution in [3.05, 3.63) is 291 Å². The minimum Gasteiger partial charge on any atom is -0.395 e. The lowest BCUT2D eigenvalue weighted by atomic mass is 9.84. The van der Waals surface area contributed by atoms with E-state index >= 15 is 0 Å². The van der Waals surface area contributed by atoms with E-state index in [0.29, 0.717) is 133 Å². The van der Waals surface area contributed by atoms with Gasteiger partial charge in [0.25, 0.3) is 0 Å². The molecule has 8 atom stereocenters. The number of aliphatic hydroxyl groups is 1. The maximum Gasteiger partial charge on any atom is 0.319 e. The van der Waals surface area contributed by atoms with Gasteiger partial charge in [0.15, 0.2) is 28.9 Å². The molecule has 5 aliphatic rings. The number of hydrogen-bond acceptors (Lipinski definition) is 14. The number of aliphatic hydroxyl groups excluding tert-OH is 1. The Morgan fingerprint density at radius 1 is 0.375 bits per heavy atom. The molecule has 1 aliphatic carbocycles. The Morgan fingerprint density at radius 3 is 1.03 bits per heavy atom. The highest BCUT2D eigenvalue weighted by molar-refractivity contribution is 6.02. The van der Waals surface area contributed by atoms with E-state index in [1.807, 2.05) is 109 Å². The zero-order valence-electron chi connectivity index (χ0n) is 81.5. The van der Waals surface area contributed by atoms with Crippen LogP contribution in [0.3, 0.4) is 0 Å². The van der Waals surface area contributed by atoms with Gasteiger partial charge >= 0.3 is 6.03 Å². The number of Topliss-reactive ketones (excluding diaryl/α,β-unsaturated/α-hetero) is 8. The molecule has 0 unspecified atom stereocenters. The van der Waals surface area contributed by atoms with Gasteiger partial charge in [-0.3, -0.25) is 48.2 Å². The van der Waals surface area contributed by atoms with E-state index in [2.05, 4.69) is 43.7 Å². The molecule has 2 amide bonds. The number of carbonyl (C=O) groups is 9. The van der Waals surface area contributed by atoms with Crippen molar-refractivity contribution >= 4 is 58.0 Å². The van der Waals surface area contributed by atoms with E-state index < -0.39 is 0 Å². The average Bonchev–Trinajstić information content (AvgIpc) is 1.61. The van der Waals surface area contributed by atoms with Gasteiger partial charge in [0.1, 0.15) is 40.6 Å². The summed E-state index contributed by atoms with van der Waals surface area (Å²) in [7, 11) is 0. The first kappa shape index (κ1) is 108. The third-order valence-electron chi connectivity index (χ3n) is 27.9. The van der Waals surface area contributed by atoms with Crippen molar-refractivity contribution in [1.82, 2.24) is 24.9 Å². The van der Waals surface area contributed by atoms with E-state index in [0.717, 1.165) is 197 Å². The topological polar surface area (TPSA) is 211 Å². The number of benzene rings is 8. The molecule has 4 aliphatic heterocycles. The number of unbranched alkanes of at least 4 members (excludes halogenated alkanes) is 3. The number of urea groups is 1. The number of anilines is 1. The highest BCUT2D eigenvalue weighted by atomic mass is 19.1. The fraction of sp³-hybridized carbons (Fsp3) is 0.491. The first-order valence-electron chi connectivity index (χ1n) is 50.3. The highest BCUT2D eigenvalue weighted by Crippen LogP contribution is 2.37. The third kappa shape index (κ3) is 38.6. The Balaban J connectivity index is 0.000000250. The molecule has 16 nitrogen and oxygen atoms in total. The number of ketones is 8. The van der Waals surface area contributed by atoms with Crippen LogP contribution in [-0.4, -0.2) is 167 Å². The summed E-state index contributed by atoms with van der Waals surface area (Å²) in [5.41, 5.74) is 10.7. The van der Waals surface area contributed by atoms with E-state index in [-0.39, 0.29) is 86.5 Å². The third-order valence-corrected chi connectivity index (χ3v) is 27.9. The number of β-amino-alcohol motifs (C(OH)–C–C–N with tert-alkyl or cyclic N) is 1. The molecule has 5 fully saturated rings. The van der Waals surface area contributed by atoms with Gasteiger partial charge in [-0.15, -0.1) is 6.58 Å². The Hall–Kier alpha value is -10.4. The summed E-state index contributed by atoms with van der Waals surface area (Å²) in [5.74, 6) is 3.00. The van der Waals surface area contributed by atoms with Crippen molar-refractivity contribution < 1.29 is 70.1 Å². The minimum atomic E-state index is -0.353. The van der Waals surface area contributed by atoms with Gasteiger partial charge in [-0.25, -0.2) is 22.4 Å². The molecule has 4 heterocycles. The van der Waals surface area contributed by atoms with E-state index in [1.54, 1.807) is 74.5 Å². The summed E-state index contributed by atoms with van der Waals surface area (Å²) in [4.78, 5) is 118. The fourth-order valence-corrected chi connectivity index (χ4v) is 20.3. The van der Waals surface area contributed by atoms with Gasteiger partial charge in [0.05, 0.1) is 6.61 Å². The normalized spacial score (nSPS) is 19.1. The highest BCUT2D eigenvalue weighted by Gasteiger charge is 2.35. The molecule has 0 spiro atoms. The monoisotopic (exact) mass is 1870 g/mol. The van der Waals surface area contributed by atoms with Crippen LogP contribution in [0.5, 0.6) is 0 Å². The van der Waals surface area contributed by atoms with Crippen molar-refractivity contribution in [2.24, 2.45) is 29.6 Å². The molecule has 0 aromatic heterocycles. The number of carbonyl (C=O) groups excluding carboxylic acids is 9. The van der Waals surface area contributed by atoms with Crippen molar-refractivity contribution in [1.29, 1.82) is 0 Å². The summed E-state index contributed by atoms with van der Waals surface area (Å²) in [6.45, 7) is 22.5. The van der Waals surface area contributed by atoms with Crippen LogP contribution in [0.2, 0.25) is 0 Å². The average molecular weight is 1870 g/mol. The summed E-state index contributed by atoms with van der Waals surface area (Å²) in [6, 6.07) is 56.1. The van der Waals surface area contributed by atoms with Crippen molar-refractivity contribution in [2.45, 2.75) is 271 Å². The lowest BCUT2D eigenvalue weighted by molar-refractivity contribution is -0.119. The number of nitrogens with one attached hydrogen (secondary N) is 2. The first-order chi connectivity index (χ1) is 65.6. The number of rotatable bonds is 47. The van der Waals surface area contributed by atoms with Gasteiger partial charge in [-0.2, -0.15) is 0 Å². The van der Waals surface area contributed by atoms with E-state index in [1.165, 1.54) is 106 Å². The maximum atomic E-state index is 13.3. The Labute approximate surface area is 810 Å². The first-order valence-corrected chi connectivity index (χ1v) is 50.3. The zero-order valence-corrected chi connectivity index (χ0v) is 81.5. The smallest absolute Gasteiger partial charge is 0.319 e. The quantitative estimate of drug-likeness (QED) is 0.0140. The summed E-state index contributed by atoms with van der Waals surface area (Å²) in [6.07, 6.45) is 32.7. The van der Waals surface area contributed by atoms with Gasteiger partial charge in [0.2, 0.25) is 0 Å². The van der Waals surface area contributed by atoms with E-state index in [9.17, 15) is 65.8 Å². The van der Waals surface area contributed by atoms with Gasteiger partial charge in [-0.1, -0.05) is 135 Å². The molecule has 0 bridgehead atoms. The number of likely N-dealkylation sites (tertiary alicyclic amines) is 4. The number of piperidine rings is 4. The lowest BCUT2D eigenvalue weighted by Gasteiger charge is -2.40. The number of amides is 2. The second-order valence-electron chi connectivity index (χ2n) is 39.1. The van der Waals surface area contributed by atoms with Crippen LogP contribution in [0.1, 0.15) is 297 Å². The van der Waals surface area contributed by atoms with Crippen LogP contribution >= 0.6 is 0 Å². The number of hydrogen-bond donors (Lipinski definition) is 3. The SMILES string of the molecule is C=CCN1CC[C@@H](Cc2ccc(F)cc2)C[C@@H]1CCCCC(=O)Cc1cccc(C(C)=O)c1.CC(=O)c1cccc(CC(=O)CCCC[C@H]2C[C@H](Cc3ccc(F)cc3)CCN2CC2CC2)c1.CC(=O)c1cccc(CC(=O)CCCC[C@H]2C[C@H](Cc3ccc(F)cc3)CCN2CCO)c1.CCCN1CC[C@@H](Cc2ccc(F)cc2)C[C@@H]1CCCNC(=O)Nc1cc(C(C)=O)cc(C(C)=O)c1.[HH].[HH].[HH]. The van der Waals surface area contributed by atoms with Crippen molar-refractivity contribution in [3.63, 3.8) is 0 Å². The number of halogens is 4. The van der Waals surface area contributed by atoms with Crippen LogP contribution in [0, 0.1) is 52.9 Å². The Morgan fingerprint density at radius 2 is 0.699 bits per heavy atom. The molecule has 8 aromatic carbocycles. The molecule has 136 heavy (non-hydrogen) atoms. The molecule has 736 valence electrons. The van der Waals surface area contributed by atoms with Crippen LogP contribution in [0.15, 0.2) is 201 Å². The summed E-state index contributed by atoms with van der Waals surface area (Å²) in [5, 5.41) is 15.1. The van der Waals surface area contributed by atoms with Crippen LogP contribution in [0.4, 0.5) is 28.0 Å². The van der Waals surface area contributed by atoms with Crippen molar-refractivity contribution in [2.75, 3.05) is 70.8 Å². The minimum absolute atomic E-state index is 0. The molecular weight excluding hydrogens is 1710 g/mol. The molecule has 0 radical (unpaired) electrons. The summed E-state index contributed by atoms with van der Waals surface area (Å²) >= 11 is 0. The predicted molar refractivity (Wildman–Crippen MR) is 543 cm³/mol. The standard InChI is InChI=1S/C30H38FNO2.C29H38FN3O3.C29H36FNO2.C28H36FNO3.3H2/c1-22(33)27-6-4-5-25(18-27)20-30(34)8-3-2-7-29-19-26(15-16-32(29)21-24-9-10-24)17-23-11-13-28(31)14-12-23;1-4-13-33-14-11-23(15-22-7-9-26(30)10-8-22)16-28(33)6-5-12-31-29(36)32-27-18-24(20(2)34)17-25(19-27)21(3)35;1-3-16-31-17-15-25(18-23-11-13-27(30)14-12-23)20-28(31)9-4-5-10-29(33)21-24-7-6-8-26(19-24)22(2)32;1-21(32)25-6-4-5-23(18-25)20-28(33)8-3-2-7-27-19-24(13-14-30(27)15-16-31)17-22-9-11-26(29)12-10-22;;;/h4-6,11-14,18,24,26,29H,2-3,7-10,15-17,19-21H2,1H3;7-10,17-19,23,28H,4-6,11-16H2,1-3H3,(H2,31,32,36);3,6-8,11-14,19,25,28H,1,4-5,9-10,15-18,20-21H2,2H3;4-6,9-12,18,24,27,31H,2-3,7-8,13-17,19-20H2,1H3;3*1H/t26-,29-;23-,28-;25-,28-;24-,27-;;;/m0000.../s1. The fourth-order valence-electron chi connectivity index (χ4n) is 20.3. The van der Waals surface area contributed by atoms with E-state index in [4.69, 9.17) is 0 Å². The van der Waals surface area contributed by atoms with Gasteiger partial charge in [0, 0.05) is 127 Å². The molecule has 4 saturated heterocycles. The predicted octanol–water partition coefficient (Wildman–Crippen LogP) is 24.3. The van der Waals surface area contributed by atoms with Gasteiger partial charge < -0.3 is 25.5 Å². The molecule has 8 aromatic rings. The molecular formula is C116H154F4N6O10. The largest absolute Gasteiger partial charge is 0.395 e. The second kappa shape index (κ2) is 57.1. The molecule has 20 heteroatoms. The Kier molecular flexibility index (Phi) is 45.2. The molecule has 13 rings (SSSR count). The van der Waals surface area contributed by atoms with Gasteiger partial charge in [-0.05, 0) is 368 Å². The maximum absolute atomic E-state index is 13.3. The van der Waals surface area contributed by atoms with Crippen LogP contribution in [0.25, 0.3) is 0 Å². The van der Waals surface area contributed by atoms with Crippen LogP contribution < -0.4 is 10.6 Å². The van der Waals surface area contributed by atoms with Crippen LogP contribution in [-0.2, 0) is 59.3 Å². The zero-order chi connectivity index (χ0) is 97.3. The number of nitrogens with zero attached hydrogens (tertiary/aromatic N) is 4. The molecule has 3 N–H and O–H groups in total.